The molecule has 0 spiro atoms. The van der Waals surface area contributed by atoms with Gasteiger partial charge in [-0.05, 0) is 70.9 Å². The first-order chi connectivity index (χ1) is 21.1. The molecule has 0 amide bonds. The van der Waals surface area contributed by atoms with Gasteiger partial charge in [-0.15, -0.1) is 0 Å². The van der Waals surface area contributed by atoms with Crippen molar-refractivity contribution in [3.8, 4) is 0 Å². The van der Waals surface area contributed by atoms with E-state index in [9.17, 15) is 24.6 Å². The van der Waals surface area contributed by atoms with E-state index in [-0.39, 0.29) is 57.4 Å². The average molecular weight is 867 g/mol. The Bertz CT molecular complexity index is 1420. The van der Waals surface area contributed by atoms with Crippen molar-refractivity contribution in [2.75, 3.05) is 0 Å². The van der Waals surface area contributed by atoms with Crippen LogP contribution >= 0.6 is 45.2 Å². The van der Waals surface area contributed by atoms with E-state index in [1.54, 1.807) is 6.92 Å². The summed E-state index contributed by atoms with van der Waals surface area (Å²) in [6.45, 7) is 21.9. The molecule has 2 N–H and O–H groups in total. The molecule has 0 aromatic heterocycles. The zero-order valence-corrected chi connectivity index (χ0v) is 32.4. The van der Waals surface area contributed by atoms with E-state index in [1.165, 1.54) is 13.8 Å². The van der Waals surface area contributed by atoms with Crippen LogP contribution in [-0.2, 0) is 33.3 Å². The molecular weight excluding hydrogens is 818 g/mol. The highest BCUT2D eigenvalue weighted by Crippen LogP contribution is 2.80. The Morgan fingerprint density at radius 3 is 2.15 bits per heavy atom. The third-order valence-electron chi connectivity index (χ3n) is 15.3. The summed E-state index contributed by atoms with van der Waals surface area (Å²) < 4.78 is 24.3. The van der Waals surface area contributed by atoms with Gasteiger partial charge in [0.05, 0.1) is 15.4 Å². The molecule has 9 nitrogen and oxygen atoms in total. The fourth-order valence-electron chi connectivity index (χ4n) is 13.1. The van der Waals surface area contributed by atoms with Gasteiger partial charge in [0.25, 0.3) is 0 Å². The van der Waals surface area contributed by atoms with E-state index in [0.29, 0.717) is 12.2 Å². The number of aliphatic hydroxyl groups excluding tert-OH is 1. The Morgan fingerprint density at radius 1 is 0.957 bits per heavy atom. The van der Waals surface area contributed by atoms with E-state index in [0.717, 1.165) is 0 Å². The predicted octanol–water partition coefficient (Wildman–Crippen LogP) is 4.86. The summed E-state index contributed by atoms with van der Waals surface area (Å²) in [4.78, 5) is 40.1. The number of hydrogen-bond acceptors (Lipinski definition) is 9. The monoisotopic (exact) mass is 866 g/mol. The second-order valence-electron chi connectivity index (χ2n) is 16.6. The molecule has 7 rings (SSSR count). The highest BCUT2D eigenvalue weighted by molar-refractivity contribution is 14.1. The highest BCUT2D eigenvalue weighted by atomic mass is 127. The van der Waals surface area contributed by atoms with Gasteiger partial charge in [0, 0.05) is 42.9 Å². The standard InChI is InChI=1S/C35H48I2O9/c1-12-14(3)31(7)22-13(2)29(36)35(37)33(9,34(10,42)15(4)46-35)24(22)28(43-16(5)38)23(31)20-21(12)32(8)18(25(40)26(20)41)11-19-27(45-19)30(32)44-17(6)39/h12-14,18-24,26-30,41-42H,4,11H2,1-3,5-10H3/t12?,13-,14-,18+,19-,20?,21?,22-,23+,24-,26?,27-,28+,29?,30-,31+,32-,33-,34+,35?/m0/s1. The van der Waals surface area contributed by atoms with E-state index < -0.39 is 73.5 Å². The summed E-state index contributed by atoms with van der Waals surface area (Å²) in [5, 5.41) is 24.6. The second-order valence-corrected chi connectivity index (χ2v) is 19.6. The smallest absolute Gasteiger partial charge is 0.303 e. The molecule has 0 aromatic rings. The minimum absolute atomic E-state index is 0.0147. The highest BCUT2D eigenvalue weighted by Gasteiger charge is 2.85. The summed E-state index contributed by atoms with van der Waals surface area (Å²) in [5.74, 6) is -2.82. The van der Waals surface area contributed by atoms with Crippen molar-refractivity contribution < 1.29 is 43.5 Å². The number of fused-ring (bicyclic) bond motifs is 10. The van der Waals surface area contributed by atoms with E-state index in [2.05, 4.69) is 93.3 Å². The zero-order valence-electron chi connectivity index (χ0n) is 28.1. The lowest BCUT2D eigenvalue weighted by Gasteiger charge is -2.66. The molecule has 46 heavy (non-hydrogen) atoms. The van der Waals surface area contributed by atoms with Crippen molar-refractivity contribution in [1.29, 1.82) is 0 Å². The van der Waals surface area contributed by atoms with Crippen molar-refractivity contribution in [3.05, 3.63) is 12.3 Å². The van der Waals surface area contributed by atoms with Gasteiger partial charge in [0.1, 0.15) is 35.8 Å². The molecule has 20 atom stereocenters. The van der Waals surface area contributed by atoms with Crippen molar-refractivity contribution in [3.63, 3.8) is 0 Å². The summed E-state index contributed by atoms with van der Waals surface area (Å²) in [7, 11) is 0. The topological polar surface area (TPSA) is 132 Å². The number of epoxide rings is 1. The molecule has 5 saturated carbocycles. The third-order valence-corrected chi connectivity index (χ3v) is 20.6. The van der Waals surface area contributed by atoms with Gasteiger partial charge in [-0.25, -0.2) is 0 Å². The zero-order chi connectivity index (χ0) is 34.0. The Kier molecular flexibility index (Phi) is 7.42. The lowest BCUT2D eigenvalue weighted by atomic mass is 9.38. The lowest BCUT2D eigenvalue weighted by molar-refractivity contribution is -0.235. The molecule has 5 aliphatic carbocycles. The molecular formula is C35H48I2O9. The van der Waals surface area contributed by atoms with Crippen LogP contribution in [0.2, 0.25) is 0 Å². The third kappa shape index (κ3) is 3.66. The van der Waals surface area contributed by atoms with Gasteiger partial charge in [-0.3, -0.25) is 14.4 Å². The summed E-state index contributed by atoms with van der Waals surface area (Å²) >= 11 is 4.84. The summed E-state index contributed by atoms with van der Waals surface area (Å²) in [5.41, 5.74) is -3.67. The number of aliphatic hydroxyl groups is 2. The first-order valence-corrected chi connectivity index (χ1v) is 19.1. The van der Waals surface area contributed by atoms with Crippen LogP contribution in [0, 0.1) is 69.5 Å². The van der Waals surface area contributed by atoms with Gasteiger partial charge in [0.2, 0.25) is 0 Å². The first kappa shape index (κ1) is 34.0. The number of carbonyl (C=O) groups is 3. The average Bonchev–Trinajstić information content (AvgIpc) is 3.66. The Hall–Kier alpha value is -0.510. The number of alkyl halides is 2. The number of esters is 2. The molecule has 2 aliphatic heterocycles. The number of hydrogen-bond donors (Lipinski definition) is 2. The molecule has 2 heterocycles. The second kappa shape index (κ2) is 10.1. The maximum atomic E-state index is 14.5. The summed E-state index contributed by atoms with van der Waals surface area (Å²) in [6.07, 6.45) is -2.59. The number of rotatable bonds is 2. The van der Waals surface area contributed by atoms with Crippen LogP contribution in [-0.4, -0.2) is 71.6 Å². The fourth-order valence-corrected chi connectivity index (χ4v) is 16.0. The van der Waals surface area contributed by atoms with Crippen molar-refractivity contribution in [2.45, 2.75) is 112 Å². The van der Waals surface area contributed by atoms with Gasteiger partial charge >= 0.3 is 11.9 Å². The molecule has 256 valence electrons. The quantitative estimate of drug-likeness (QED) is 0.173. The first-order valence-electron chi connectivity index (χ1n) is 16.8. The molecule has 7 fully saturated rings. The molecule has 11 heteroatoms. The summed E-state index contributed by atoms with van der Waals surface area (Å²) in [6, 6.07) is 0. The maximum absolute atomic E-state index is 14.5. The van der Waals surface area contributed by atoms with Crippen LogP contribution in [0.15, 0.2) is 12.3 Å². The minimum Gasteiger partial charge on any atom is -0.477 e. The van der Waals surface area contributed by atoms with Crippen LogP contribution < -0.4 is 0 Å². The van der Waals surface area contributed by atoms with Crippen molar-refractivity contribution >= 4 is 62.9 Å². The number of carbonyl (C=O) groups excluding carboxylic acids is 3. The van der Waals surface area contributed by atoms with Crippen LogP contribution in [0.3, 0.4) is 0 Å². The minimum atomic E-state index is -1.45. The van der Waals surface area contributed by atoms with Crippen LogP contribution in [0.5, 0.6) is 0 Å². The molecule has 0 radical (unpaired) electrons. The normalized spacial score (nSPS) is 61.2. The Labute approximate surface area is 298 Å². The Morgan fingerprint density at radius 2 is 1.57 bits per heavy atom. The Balaban J connectivity index is 1.47. The van der Waals surface area contributed by atoms with E-state index in [4.69, 9.17) is 18.9 Å². The molecule has 6 unspecified atom stereocenters. The van der Waals surface area contributed by atoms with E-state index >= 15 is 0 Å². The van der Waals surface area contributed by atoms with Gasteiger partial charge in [0.15, 0.2) is 9.39 Å². The molecule has 0 bridgehead atoms. The van der Waals surface area contributed by atoms with Gasteiger partial charge in [-0.1, -0.05) is 70.7 Å². The molecule has 0 aromatic carbocycles. The number of Topliss-reactive ketones (excluding diaryl/α,β-unsaturated/α-hetero) is 1. The molecule has 7 aliphatic rings. The fraction of sp³-hybridized carbons (Fsp3) is 0.857. The van der Waals surface area contributed by atoms with Gasteiger partial charge in [-0.2, -0.15) is 0 Å². The lowest BCUT2D eigenvalue weighted by Crippen LogP contribution is -2.71. The number of ether oxygens (including phenoxy) is 4. The maximum Gasteiger partial charge on any atom is 0.303 e. The van der Waals surface area contributed by atoms with Crippen LogP contribution in [0.4, 0.5) is 0 Å². The van der Waals surface area contributed by atoms with Crippen LogP contribution in [0.1, 0.15) is 68.7 Å². The van der Waals surface area contributed by atoms with Crippen molar-refractivity contribution in [2.24, 2.45) is 69.5 Å². The molecule has 2 saturated heterocycles. The van der Waals surface area contributed by atoms with Crippen LogP contribution in [0.25, 0.3) is 0 Å². The van der Waals surface area contributed by atoms with E-state index in [1.807, 2.05) is 0 Å². The predicted molar refractivity (Wildman–Crippen MR) is 184 cm³/mol. The number of halogens is 2. The number of ketones is 1. The van der Waals surface area contributed by atoms with Crippen molar-refractivity contribution in [1.82, 2.24) is 0 Å². The van der Waals surface area contributed by atoms with Gasteiger partial charge < -0.3 is 29.2 Å². The largest absolute Gasteiger partial charge is 0.477 e. The SMILES string of the molecule is C=C1OC2(I)C(I)[C@@H](C)[C@H]3[C@@H]([C@H](OC(C)=O)[C@H]4C5C(O)C(=O)[C@H]6C[C@@H]7O[C@@H]7[C@H](OC(C)=O)[C@]6(C)C5C(C)[C@H](C)[C@]34C)[C@@]2(C)[C@]1(C)O.